The molecule has 0 amide bonds. The minimum atomic E-state index is 0.547. The first kappa shape index (κ1) is 12.1. The molecule has 0 fully saturated rings. The summed E-state index contributed by atoms with van der Waals surface area (Å²) in [5.41, 5.74) is 1.47. The van der Waals surface area contributed by atoms with Crippen molar-refractivity contribution in [2.45, 2.75) is 10.9 Å². The normalized spacial score (nSPS) is 18.4. The molecule has 1 heterocycles. The first-order valence-electron chi connectivity index (χ1n) is 5.55. The van der Waals surface area contributed by atoms with E-state index in [0.717, 1.165) is 18.1 Å². The molecule has 1 aliphatic heterocycles. The zero-order valence-corrected chi connectivity index (χ0v) is 10.9. The fourth-order valence-corrected chi connectivity index (χ4v) is 3.59. The minimum Gasteiger partial charge on any atom is -0.308 e. The Balaban J connectivity index is 1.78. The van der Waals surface area contributed by atoms with Crippen molar-refractivity contribution >= 4 is 23.5 Å². The lowest BCUT2D eigenvalue weighted by atomic mass is 10.1. The van der Waals surface area contributed by atoms with Gasteiger partial charge < -0.3 is 5.32 Å². The Kier molecular flexibility index (Phi) is 4.82. The first-order valence-corrected chi connectivity index (χ1v) is 7.69. The maximum absolute atomic E-state index is 3.72. The van der Waals surface area contributed by atoms with E-state index >= 15 is 0 Å². The third-order valence-electron chi connectivity index (χ3n) is 2.57. The van der Waals surface area contributed by atoms with Gasteiger partial charge in [0.25, 0.3) is 0 Å². The van der Waals surface area contributed by atoms with Gasteiger partial charge in [0.2, 0.25) is 0 Å². The van der Waals surface area contributed by atoms with Gasteiger partial charge in [-0.25, -0.2) is 0 Å². The topological polar surface area (TPSA) is 12.0 Å². The van der Waals surface area contributed by atoms with Crippen molar-refractivity contribution in [3.8, 4) is 0 Å². The second kappa shape index (κ2) is 6.38. The Morgan fingerprint density at radius 1 is 1.50 bits per heavy atom. The molecule has 0 spiro atoms. The third kappa shape index (κ3) is 3.06. The molecule has 1 unspecified atom stereocenters. The summed E-state index contributed by atoms with van der Waals surface area (Å²) in [7, 11) is 0. The highest BCUT2D eigenvalue weighted by Crippen LogP contribution is 2.37. The quantitative estimate of drug-likeness (QED) is 0.615. The van der Waals surface area contributed by atoms with Crippen molar-refractivity contribution in [1.82, 2.24) is 5.32 Å². The molecule has 86 valence electrons. The van der Waals surface area contributed by atoms with Crippen LogP contribution >= 0.6 is 23.5 Å². The smallest absolute Gasteiger partial charge is 0.0426 e. The van der Waals surface area contributed by atoms with Crippen LogP contribution in [0.4, 0.5) is 0 Å². The summed E-state index contributed by atoms with van der Waals surface area (Å²) in [4.78, 5) is 1.44. The largest absolute Gasteiger partial charge is 0.308 e. The Labute approximate surface area is 106 Å². The maximum Gasteiger partial charge on any atom is 0.0426 e. The molecule has 0 aliphatic carbocycles. The van der Waals surface area contributed by atoms with E-state index in [9.17, 15) is 0 Å². The minimum absolute atomic E-state index is 0.547. The van der Waals surface area contributed by atoms with E-state index in [-0.39, 0.29) is 0 Å². The Morgan fingerprint density at radius 2 is 2.38 bits per heavy atom. The van der Waals surface area contributed by atoms with E-state index in [1.807, 2.05) is 29.6 Å². The van der Waals surface area contributed by atoms with Crippen LogP contribution in [0, 0.1) is 0 Å². The predicted molar refractivity (Wildman–Crippen MR) is 75.4 cm³/mol. The number of fused-ring (bicyclic) bond motifs is 1. The molecule has 3 heteroatoms. The second-order valence-electron chi connectivity index (χ2n) is 3.72. The molecule has 1 N–H and O–H groups in total. The second-order valence-corrected chi connectivity index (χ2v) is 5.93. The van der Waals surface area contributed by atoms with Crippen LogP contribution in [-0.4, -0.2) is 23.8 Å². The summed E-state index contributed by atoms with van der Waals surface area (Å²) in [5.74, 6) is 3.39. The van der Waals surface area contributed by atoms with Crippen molar-refractivity contribution in [3.05, 3.63) is 42.5 Å². The van der Waals surface area contributed by atoms with E-state index in [1.165, 1.54) is 16.2 Å². The molecule has 16 heavy (non-hydrogen) atoms. The number of nitrogens with one attached hydrogen (secondary N) is 1. The van der Waals surface area contributed by atoms with E-state index < -0.39 is 0 Å². The zero-order valence-electron chi connectivity index (χ0n) is 9.32. The molecule has 1 nitrogen and oxygen atoms in total. The van der Waals surface area contributed by atoms with Crippen LogP contribution in [0.2, 0.25) is 0 Å². The van der Waals surface area contributed by atoms with Crippen LogP contribution in [0.15, 0.2) is 41.8 Å². The van der Waals surface area contributed by atoms with Gasteiger partial charge in [0.15, 0.2) is 0 Å². The Hall–Kier alpha value is -0.380. The molecular formula is C13H17NS2. The average molecular weight is 251 g/mol. The van der Waals surface area contributed by atoms with Gasteiger partial charge in [-0.15, -0.1) is 18.3 Å². The third-order valence-corrected chi connectivity index (χ3v) is 4.72. The monoisotopic (exact) mass is 251 g/mol. The molecular weight excluding hydrogens is 234 g/mol. The summed E-state index contributed by atoms with van der Waals surface area (Å²) >= 11 is 3.89. The number of hydrogen-bond acceptors (Lipinski definition) is 3. The van der Waals surface area contributed by atoms with Crippen molar-refractivity contribution in [1.29, 1.82) is 0 Å². The molecule has 0 bridgehead atoms. The van der Waals surface area contributed by atoms with Crippen molar-refractivity contribution < 1.29 is 0 Å². The molecule has 0 saturated heterocycles. The van der Waals surface area contributed by atoms with Crippen LogP contribution in [0.25, 0.3) is 0 Å². The van der Waals surface area contributed by atoms with Crippen LogP contribution in [0.5, 0.6) is 0 Å². The molecule has 0 aromatic heterocycles. The fourth-order valence-electron chi connectivity index (χ4n) is 1.80. The van der Waals surface area contributed by atoms with Gasteiger partial charge >= 0.3 is 0 Å². The molecule has 1 atom stereocenters. The molecule has 0 radical (unpaired) electrons. The number of thioether (sulfide) groups is 2. The highest BCUT2D eigenvalue weighted by molar-refractivity contribution is 7.99. The zero-order chi connectivity index (χ0) is 11.2. The van der Waals surface area contributed by atoms with E-state index in [1.54, 1.807) is 0 Å². The fraction of sp³-hybridized carbons (Fsp3) is 0.385. The van der Waals surface area contributed by atoms with E-state index in [4.69, 9.17) is 0 Å². The van der Waals surface area contributed by atoms with Crippen LogP contribution in [0.1, 0.15) is 11.6 Å². The van der Waals surface area contributed by atoms with Crippen molar-refractivity contribution in [2.24, 2.45) is 0 Å². The van der Waals surface area contributed by atoms with E-state index in [0.29, 0.717) is 6.04 Å². The first-order chi connectivity index (χ1) is 7.92. The average Bonchev–Trinajstić information content (AvgIpc) is 2.73. The maximum atomic E-state index is 3.72. The molecule has 1 aliphatic rings. The van der Waals surface area contributed by atoms with Gasteiger partial charge in [-0.3, -0.25) is 0 Å². The van der Waals surface area contributed by atoms with Gasteiger partial charge in [-0.1, -0.05) is 24.3 Å². The summed E-state index contributed by atoms with van der Waals surface area (Å²) in [5, 5.41) is 3.62. The number of rotatable bonds is 6. The SMILES string of the molecule is C=CCSCCNC1CSc2ccccc21. The van der Waals surface area contributed by atoms with Gasteiger partial charge in [-0.05, 0) is 11.6 Å². The summed E-state index contributed by atoms with van der Waals surface area (Å²) < 4.78 is 0. The lowest BCUT2D eigenvalue weighted by molar-refractivity contribution is 0.611. The Morgan fingerprint density at radius 3 is 3.25 bits per heavy atom. The number of hydrogen-bond donors (Lipinski definition) is 1. The lowest BCUT2D eigenvalue weighted by Gasteiger charge is -2.12. The van der Waals surface area contributed by atoms with E-state index in [2.05, 4.69) is 36.2 Å². The molecule has 1 aromatic carbocycles. The standard InChI is InChI=1S/C13H17NS2/c1-2-8-15-9-7-14-12-10-16-13-6-4-3-5-11(12)13/h2-6,12,14H,1,7-10H2. The van der Waals surface area contributed by atoms with Gasteiger partial charge in [0, 0.05) is 34.7 Å². The van der Waals surface area contributed by atoms with Crippen LogP contribution < -0.4 is 5.32 Å². The molecule has 1 aromatic rings. The van der Waals surface area contributed by atoms with Gasteiger partial charge in [0.05, 0.1) is 0 Å². The highest BCUT2D eigenvalue weighted by atomic mass is 32.2. The lowest BCUT2D eigenvalue weighted by Crippen LogP contribution is -2.23. The predicted octanol–water partition coefficient (Wildman–Crippen LogP) is 3.34. The highest BCUT2D eigenvalue weighted by Gasteiger charge is 2.21. The van der Waals surface area contributed by atoms with Crippen LogP contribution in [-0.2, 0) is 0 Å². The van der Waals surface area contributed by atoms with Crippen LogP contribution in [0.3, 0.4) is 0 Å². The van der Waals surface area contributed by atoms with Gasteiger partial charge in [0.1, 0.15) is 0 Å². The van der Waals surface area contributed by atoms with Gasteiger partial charge in [-0.2, -0.15) is 11.8 Å². The molecule has 2 rings (SSSR count). The van der Waals surface area contributed by atoms with Crippen molar-refractivity contribution in [2.75, 3.05) is 23.8 Å². The summed E-state index contributed by atoms with van der Waals surface area (Å²) in [6, 6.07) is 9.25. The number of benzene rings is 1. The molecule has 0 saturated carbocycles. The summed E-state index contributed by atoms with van der Waals surface area (Å²) in [6.45, 7) is 4.80. The summed E-state index contributed by atoms with van der Waals surface area (Å²) in [6.07, 6.45) is 1.96. The van der Waals surface area contributed by atoms with Crippen molar-refractivity contribution in [3.63, 3.8) is 0 Å². The Bertz CT molecular complexity index is 352.